The van der Waals surface area contributed by atoms with Crippen LogP contribution in [0.4, 0.5) is 0 Å². The number of aliphatic carboxylic acids is 1. The maximum atomic E-state index is 11.6. The van der Waals surface area contributed by atoms with Crippen molar-refractivity contribution in [3.05, 3.63) is 35.4 Å². The third kappa shape index (κ3) is 2.60. The summed E-state index contributed by atoms with van der Waals surface area (Å²) >= 11 is 0. The highest BCUT2D eigenvalue weighted by molar-refractivity contribution is 6.06. The van der Waals surface area contributed by atoms with Gasteiger partial charge in [-0.15, -0.1) is 0 Å². The molecule has 2 atom stereocenters. The van der Waals surface area contributed by atoms with E-state index in [0.29, 0.717) is 23.4 Å². The molecule has 6 nitrogen and oxygen atoms in total. The van der Waals surface area contributed by atoms with Gasteiger partial charge in [-0.3, -0.25) is 0 Å². The zero-order valence-corrected chi connectivity index (χ0v) is 11.9. The van der Waals surface area contributed by atoms with E-state index in [-0.39, 0.29) is 6.61 Å². The molecule has 0 spiro atoms. The maximum Gasteiger partial charge on any atom is 0.354 e. The Kier molecular flexibility index (Phi) is 4.24. The van der Waals surface area contributed by atoms with Gasteiger partial charge in [0, 0.05) is 12.2 Å². The first-order valence-corrected chi connectivity index (χ1v) is 6.63. The largest absolute Gasteiger partial charge is 0.478 e. The molecule has 0 radical (unpaired) electrons. The van der Waals surface area contributed by atoms with Crippen LogP contribution in [0.25, 0.3) is 0 Å². The number of oxime groups is 1. The van der Waals surface area contributed by atoms with Crippen molar-refractivity contribution in [2.45, 2.75) is 19.4 Å². The molecule has 1 aliphatic heterocycles. The van der Waals surface area contributed by atoms with Gasteiger partial charge in [-0.2, -0.15) is 5.26 Å². The summed E-state index contributed by atoms with van der Waals surface area (Å²) in [6.45, 7) is 3.83. The highest BCUT2D eigenvalue weighted by Gasteiger charge is 2.53. The second-order valence-electron chi connectivity index (χ2n) is 4.81. The summed E-state index contributed by atoms with van der Waals surface area (Å²) in [7, 11) is 0. The van der Waals surface area contributed by atoms with Crippen molar-refractivity contribution >= 4 is 11.7 Å². The number of benzene rings is 1. The van der Waals surface area contributed by atoms with Crippen LogP contribution in [0.2, 0.25) is 0 Å². The molecule has 0 fully saturated rings. The summed E-state index contributed by atoms with van der Waals surface area (Å²) in [6, 6.07) is 8.89. The number of rotatable bonds is 5. The van der Waals surface area contributed by atoms with Crippen LogP contribution >= 0.6 is 0 Å². The van der Waals surface area contributed by atoms with Gasteiger partial charge in [0.2, 0.25) is 0 Å². The van der Waals surface area contributed by atoms with E-state index in [2.05, 4.69) is 5.16 Å². The summed E-state index contributed by atoms with van der Waals surface area (Å²) in [4.78, 5) is 16.8. The van der Waals surface area contributed by atoms with E-state index >= 15 is 0 Å². The van der Waals surface area contributed by atoms with Gasteiger partial charge in [0.1, 0.15) is 6.61 Å². The summed E-state index contributed by atoms with van der Waals surface area (Å²) in [5.41, 5.74) is 0.156. The third-order valence-corrected chi connectivity index (χ3v) is 3.59. The number of carboxylic acid groups (broad SMARTS) is 1. The van der Waals surface area contributed by atoms with Crippen molar-refractivity contribution < 1.29 is 19.5 Å². The summed E-state index contributed by atoms with van der Waals surface area (Å²) in [6.07, 6.45) is 0. The molecule has 1 N–H and O–H groups in total. The molecule has 2 rings (SSSR count). The molecule has 0 bridgehead atoms. The molecule has 21 heavy (non-hydrogen) atoms. The van der Waals surface area contributed by atoms with Gasteiger partial charge in [0.05, 0.1) is 23.3 Å². The molecule has 0 saturated heterocycles. The Morgan fingerprint density at radius 1 is 1.62 bits per heavy atom. The van der Waals surface area contributed by atoms with E-state index in [9.17, 15) is 9.90 Å². The molecule has 0 amide bonds. The molecule has 0 saturated carbocycles. The quantitative estimate of drug-likeness (QED) is 0.891. The predicted octanol–water partition coefficient (Wildman–Crippen LogP) is 1.79. The SMILES string of the molecule is CCOCC1(C(=O)O)ON=C(c2cccc(C#N)c2)C1C. The molecule has 1 aliphatic rings. The fourth-order valence-electron chi connectivity index (χ4n) is 2.25. The number of hydrogen-bond acceptors (Lipinski definition) is 5. The van der Waals surface area contributed by atoms with E-state index < -0.39 is 17.5 Å². The normalized spacial score (nSPS) is 24.0. The van der Waals surface area contributed by atoms with Crippen LogP contribution < -0.4 is 0 Å². The highest BCUT2D eigenvalue weighted by Crippen LogP contribution is 2.33. The average molecular weight is 288 g/mol. The minimum absolute atomic E-state index is 0.0784. The van der Waals surface area contributed by atoms with Crippen molar-refractivity contribution in [2.75, 3.05) is 13.2 Å². The molecular formula is C15H16N2O4. The van der Waals surface area contributed by atoms with Crippen molar-refractivity contribution in [2.24, 2.45) is 11.1 Å². The van der Waals surface area contributed by atoms with Crippen LogP contribution in [0.3, 0.4) is 0 Å². The molecule has 0 aromatic heterocycles. The smallest absolute Gasteiger partial charge is 0.354 e. The Bertz CT molecular complexity index is 620. The second-order valence-corrected chi connectivity index (χ2v) is 4.81. The number of nitriles is 1. The molecule has 2 unspecified atom stereocenters. The van der Waals surface area contributed by atoms with Crippen molar-refractivity contribution in [3.8, 4) is 6.07 Å². The molecule has 1 aromatic rings. The number of nitrogens with zero attached hydrogens (tertiary/aromatic N) is 2. The van der Waals surface area contributed by atoms with Gasteiger partial charge >= 0.3 is 5.97 Å². The number of carboxylic acids is 1. The highest BCUT2D eigenvalue weighted by atomic mass is 16.7. The Labute approximate surface area is 122 Å². The molecule has 6 heteroatoms. The van der Waals surface area contributed by atoms with Crippen LogP contribution in [-0.4, -0.2) is 35.6 Å². The first-order chi connectivity index (χ1) is 10.0. The van der Waals surface area contributed by atoms with E-state index in [1.54, 1.807) is 38.1 Å². The Hall–Kier alpha value is -2.39. The zero-order valence-electron chi connectivity index (χ0n) is 11.9. The fourth-order valence-corrected chi connectivity index (χ4v) is 2.25. The zero-order chi connectivity index (χ0) is 15.5. The van der Waals surface area contributed by atoms with E-state index in [0.717, 1.165) is 0 Å². The maximum absolute atomic E-state index is 11.6. The Balaban J connectivity index is 2.32. The number of hydrogen-bond donors (Lipinski definition) is 1. The monoisotopic (exact) mass is 288 g/mol. The lowest BCUT2D eigenvalue weighted by molar-refractivity contribution is -0.175. The Morgan fingerprint density at radius 3 is 3.00 bits per heavy atom. The minimum atomic E-state index is -1.52. The van der Waals surface area contributed by atoms with Crippen molar-refractivity contribution in [1.82, 2.24) is 0 Å². The van der Waals surface area contributed by atoms with E-state index in [1.165, 1.54) is 0 Å². The number of ether oxygens (including phenoxy) is 1. The third-order valence-electron chi connectivity index (χ3n) is 3.59. The lowest BCUT2D eigenvalue weighted by atomic mass is 9.83. The van der Waals surface area contributed by atoms with Crippen molar-refractivity contribution in [1.29, 1.82) is 5.26 Å². The van der Waals surface area contributed by atoms with Gasteiger partial charge in [-0.05, 0) is 19.1 Å². The van der Waals surface area contributed by atoms with Crippen LogP contribution in [0.5, 0.6) is 0 Å². The Morgan fingerprint density at radius 2 is 2.38 bits per heavy atom. The first kappa shape index (κ1) is 15.0. The van der Waals surface area contributed by atoms with E-state index in [1.807, 2.05) is 6.07 Å². The first-order valence-electron chi connectivity index (χ1n) is 6.63. The lowest BCUT2D eigenvalue weighted by Gasteiger charge is -2.26. The van der Waals surface area contributed by atoms with Gasteiger partial charge in [0.15, 0.2) is 0 Å². The molecule has 0 aliphatic carbocycles. The van der Waals surface area contributed by atoms with E-state index in [4.69, 9.17) is 14.8 Å². The predicted molar refractivity (Wildman–Crippen MR) is 74.8 cm³/mol. The van der Waals surface area contributed by atoms with Gasteiger partial charge < -0.3 is 14.7 Å². The van der Waals surface area contributed by atoms with Crippen LogP contribution in [0.1, 0.15) is 25.0 Å². The van der Waals surface area contributed by atoms with Crippen LogP contribution in [0.15, 0.2) is 29.4 Å². The van der Waals surface area contributed by atoms with Crippen LogP contribution in [0, 0.1) is 17.2 Å². The van der Waals surface area contributed by atoms with Gasteiger partial charge in [0.25, 0.3) is 5.60 Å². The summed E-state index contributed by atoms with van der Waals surface area (Å²) in [5, 5.41) is 22.4. The lowest BCUT2D eigenvalue weighted by Crippen LogP contribution is -2.49. The fraction of sp³-hybridized carbons (Fsp3) is 0.400. The minimum Gasteiger partial charge on any atom is -0.478 e. The average Bonchev–Trinajstić information content (AvgIpc) is 2.83. The standard InChI is InChI=1S/C15H16N2O4/c1-3-20-9-15(14(18)19)10(2)13(17-21-15)12-6-4-5-11(7-12)8-16/h4-7,10H,3,9H2,1-2H3,(H,18,19). The molecule has 1 heterocycles. The van der Waals surface area contributed by atoms with Gasteiger partial charge in [-0.1, -0.05) is 24.2 Å². The molecular weight excluding hydrogens is 272 g/mol. The van der Waals surface area contributed by atoms with Gasteiger partial charge in [-0.25, -0.2) is 4.79 Å². The summed E-state index contributed by atoms with van der Waals surface area (Å²) < 4.78 is 5.25. The second kappa shape index (κ2) is 5.94. The van der Waals surface area contributed by atoms with Crippen molar-refractivity contribution in [3.63, 3.8) is 0 Å². The summed E-state index contributed by atoms with van der Waals surface area (Å²) in [5.74, 6) is -1.60. The molecule has 1 aromatic carbocycles. The number of carbonyl (C=O) groups is 1. The topological polar surface area (TPSA) is 91.9 Å². The molecule has 110 valence electrons. The van der Waals surface area contributed by atoms with Crippen LogP contribution in [-0.2, 0) is 14.4 Å².